The van der Waals surface area contributed by atoms with Gasteiger partial charge in [-0.1, -0.05) is 0 Å². The van der Waals surface area contributed by atoms with Crippen molar-refractivity contribution in [2.75, 3.05) is 0 Å². The molecule has 0 saturated heterocycles. The molecule has 0 aromatic rings. The van der Waals surface area contributed by atoms with E-state index in [0.717, 1.165) is 0 Å². The zero-order valence-electron chi connectivity index (χ0n) is 2.73. The van der Waals surface area contributed by atoms with Gasteiger partial charge in [0.2, 0.25) is 0 Å². The van der Waals surface area contributed by atoms with Crippen molar-refractivity contribution in [1.82, 2.24) is 0 Å². The second-order valence-electron chi connectivity index (χ2n) is 0. The van der Waals surface area contributed by atoms with Gasteiger partial charge in [0.1, 0.15) is 0 Å². The molecule has 0 aromatic carbocycles. The zero-order chi connectivity index (χ0) is 0. The Morgan fingerprint density at radius 2 is 0.750 bits per heavy atom. The predicted octanol–water partition coefficient (Wildman–Crippen LogP) is -4.14. The first-order chi connectivity index (χ1) is 0. The molecular formula is AlB2Li+4. The summed E-state index contributed by atoms with van der Waals surface area (Å²) in [6, 6.07) is 0. The van der Waals surface area contributed by atoms with Crippen LogP contribution in [-0.4, -0.2) is 34.2 Å². The van der Waals surface area contributed by atoms with E-state index in [1.54, 1.807) is 0 Å². The van der Waals surface area contributed by atoms with Gasteiger partial charge in [0.25, 0.3) is 0 Å². The van der Waals surface area contributed by atoms with E-state index in [-0.39, 0.29) is 53.0 Å². The van der Waals surface area contributed by atoms with E-state index in [9.17, 15) is 0 Å². The summed E-state index contributed by atoms with van der Waals surface area (Å²) in [6.07, 6.45) is 0. The minimum Gasteiger partial charge on any atom is 0 e. The molecule has 6 valence electrons. The molecule has 0 aliphatic heterocycles. The molecule has 0 saturated carbocycles. The Morgan fingerprint density at radius 3 is 0.750 bits per heavy atom. The van der Waals surface area contributed by atoms with Gasteiger partial charge in [-0.25, -0.2) is 0 Å². The Hall–Kier alpha value is 1.26. The maximum Gasteiger partial charge on any atom is 3.00 e. The Bertz CT molecular complexity index is 6.00. The van der Waals surface area contributed by atoms with Gasteiger partial charge in [0.05, 0.1) is 0 Å². The SMILES string of the molecule is [Al+3].[B].[B].[Li+]. The van der Waals surface area contributed by atoms with E-state index < -0.39 is 0 Å². The Morgan fingerprint density at radius 1 is 0.750 bits per heavy atom. The molecule has 0 atom stereocenters. The van der Waals surface area contributed by atoms with Crippen molar-refractivity contribution in [1.29, 1.82) is 0 Å². The molecule has 0 spiro atoms. The Labute approximate surface area is 53.2 Å². The van der Waals surface area contributed by atoms with Crippen molar-refractivity contribution in [2.45, 2.75) is 0 Å². The van der Waals surface area contributed by atoms with Crippen LogP contribution in [0.25, 0.3) is 0 Å². The van der Waals surface area contributed by atoms with E-state index in [0.29, 0.717) is 0 Å². The van der Waals surface area contributed by atoms with Crippen LogP contribution >= 0.6 is 0 Å². The normalized spacial score (nSPS) is 0. The van der Waals surface area contributed by atoms with Crippen molar-refractivity contribution in [3.63, 3.8) is 0 Å². The fraction of sp³-hybridized carbons (Fsp3) is 0. The van der Waals surface area contributed by atoms with E-state index in [4.69, 9.17) is 0 Å². The van der Waals surface area contributed by atoms with Gasteiger partial charge < -0.3 is 0 Å². The summed E-state index contributed by atoms with van der Waals surface area (Å²) in [5, 5.41) is 0. The molecule has 0 aliphatic rings. The molecule has 6 radical (unpaired) electrons. The molecule has 4 heteroatoms. The average Bonchev–Trinajstić information content (AvgIpc) is 0. The standard InChI is InChI=1S/Al.2B.Li/q+3;;;+1. The summed E-state index contributed by atoms with van der Waals surface area (Å²) >= 11 is 0. The van der Waals surface area contributed by atoms with Crippen LogP contribution in [0.15, 0.2) is 0 Å². The third kappa shape index (κ3) is 10.5. The predicted molar refractivity (Wildman–Crippen MR) is 17.3 cm³/mol. The van der Waals surface area contributed by atoms with Crippen LogP contribution in [0.5, 0.6) is 0 Å². The Kier molecular flexibility index (Phi) is 429. The van der Waals surface area contributed by atoms with Gasteiger partial charge in [0, 0.05) is 16.8 Å². The number of rotatable bonds is 0. The van der Waals surface area contributed by atoms with Crippen molar-refractivity contribution >= 4 is 34.2 Å². The number of hydrogen-bond donors (Lipinski definition) is 0. The van der Waals surface area contributed by atoms with Crippen molar-refractivity contribution in [3.8, 4) is 0 Å². The smallest absolute Gasteiger partial charge is 0 e. The van der Waals surface area contributed by atoms with Gasteiger partial charge in [-0.05, 0) is 0 Å². The van der Waals surface area contributed by atoms with Crippen LogP contribution in [0.1, 0.15) is 0 Å². The molecule has 0 amide bonds. The van der Waals surface area contributed by atoms with Gasteiger partial charge in [-0.2, -0.15) is 0 Å². The monoisotopic (exact) mass is 56.0 g/mol. The summed E-state index contributed by atoms with van der Waals surface area (Å²) in [6.45, 7) is 0. The molecule has 0 nitrogen and oxygen atoms in total. The molecule has 0 unspecified atom stereocenters. The molecule has 4 heavy (non-hydrogen) atoms. The van der Waals surface area contributed by atoms with E-state index in [1.807, 2.05) is 0 Å². The zero-order valence-corrected chi connectivity index (χ0v) is 3.89. The van der Waals surface area contributed by atoms with E-state index >= 15 is 0 Å². The maximum absolute atomic E-state index is 0. The first-order valence-electron chi connectivity index (χ1n) is 0. The summed E-state index contributed by atoms with van der Waals surface area (Å²) in [5.41, 5.74) is 0. The van der Waals surface area contributed by atoms with Crippen LogP contribution in [0.4, 0.5) is 0 Å². The molecule has 0 aliphatic carbocycles. The average molecular weight is 55.5 g/mol. The molecule has 0 aromatic heterocycles. The fourth-order valence-electron chi connectivity index (χ4n) is 0. The van der Waals surface area contributed by atoms with Gasteiger partial charge >= 0.3 is 36.2 Å². The molecule has 0 heterocycles. The summed E-state index contributed by atoms with van der Waals surface area (Å²) < 4.78 is 0. The fourth-order valence-corrected chi connectivity index (χ4v) is 0. The van der Waals surface area contributed by atoms with Crippen LogP contribution < -0.4 is 18.9 Å². The summed E-state index contributed by atoms with van der Waals surface area (Å²) in [5.74, 6) is 0. The Balaban J connectivity index is 0. The van der Waals surface area contributed by atoms with Gasteiger partial charge in [-0.15, -0.1) is 0 Å². The summed E-state index contributed by atoms with van der Waals surface area (Å²) in [4.78, 5) is 0. The minimum absolute atomic E-state index is 0. The van der Waals surface area contributed by atoms with Crippen LogP contribution in [0.2, 0.25) is 0 Å². The topological polar surface area (TPSA) is 0 Å². The van der Waals surface area contributed by atoms with Crippen molar-refractivity contribution < 1.29 is 18.9 Å². The van der Waals surface area contributed by atoms with Crippen LogP contribution in [-0.2, 0) is 0 Å². The van der Waals surface area contributed by atoms with Crippen LogP contribution in [0.3, 0.4) is 0 Å². The van der Waals surface area contributed by atoms with Gasteiger partial charge in [0.15, 0.2) is 0 Å². The third-order valence-corrected chi connectivity index (χ3v) is 0. The largest absolute Gasteiger partial charge is 3.00 e. The van der Waals surface area contributed by atoms with E-state index in [2.05, 4.69) is 0 Å². The molecule has 0 fully saturated rings. The molecule has 0 rings (SSSR count). The summed E-state index contributed by atoms with van der Waals surface area (Å²) in [7, 11) is 0. The first kappa shape index (κ1) is 60.1. The van der Waals surface area contributed by atoms with Crippen molar-refractivity contribution in [2.24, 2.45) is 0 Å². The molecule has 0 N–H and O–H groups in total. The van der Waals surface area contributed by atoms with Gasteiger partial charge in [-0.3, -0.25) is 0 Å². The van der Waals surface area contributed by atoms with E-state index in [1.165, 1.54) is 0 Å². The quantitative estimate of drug-likeness (QED) is 0.247. The minimum atomic E-state index is 0. The first-order valence-corrected chi connectivity index (χ1v) is 0. The second kappa shape index (κ2) is 28.5. The molecule has 0 bridgehead atoms. The maximum atomic E-state index is 0. The van der Waals surface area contributed by atoms with Crippen molar-refractivity contribution in [3.05, 3.63) is 0 Å². The second-order valence-corrected chi connectivity index (χ2v) is 0. The van der Waals surface area contributed by atoms with Crippen LogP contribution in [0, 0.1) is 0 Å². The number of hydrogen-bond acceptors (Lipinski definition) is 0. The molecular weight excluding hydrogens is 55.5 g/mol. The third-order valence-electron chi connectivity index (χ3n) is 0.